The molecule has 1 heterocycles. The zero-order chi connectivity index (χ0) is 16.9. The maximum Gasteiger partial charge on any atom is 0.256 e. The molecule has 4 heteroatoms. The third-order valence-corrected chi connectivity index (χ3v) is 4.76. The minimum atomic E-state index is 0.119. The number of piperidine rings is 1. The highest BCUT2D eigenvalue weighted by atomic mass is 16.2. The Bertz CT molecular complexity index is 686. The van der Waals surface area contributed by atoms with Crippen molar-refractivity contribution in [2.75, 3.05) is 32.1 Å². The predicted octanol–water partition coefficient (Wildman–Crippen LogP) is 3.28. The van der Waals surface area contributed by atoms with Gasteiger partial charge in [-0.2, -0.15) is 0 Å². The van der Waals surface area contributed by atoms with E-state index in [0.29, 0.717) is 6.04 Å². The van der Waals surface area contributed by atoms with Gasteiger partial charge in [-0.1, -0.05) is 30.3 Å². The number of para-hydroxylation sites is 2. The monoisotopic (exact) mass is 323 g/mol. The van der Waals surface area contributed by atoms with Crippen LogP contribution in [0.3, 0.4) is 0 Å². The topological polar surface area (TPSA) is 35.6 Å². The molecule has 2 aromatic rings. The highest BCUT2D eigenvalue weighted by Crippen LogP contribution is 2.28. The van der Waals surface area contributed by atoms with E-state index in [1.165, 1.54) is 0 Å². The molecule has 3 rings (SSSR count). The molecule has 0 aromatic heterocycles. The third-order valence-electron chi connectivity index (χ3n) is 4.76. The average Bonchev–Trinajstić information content (AvgIpc) is 2.67. The van der Waals surface area contributed by atoms with E-state index in [2.05, 4.69) is 22.3 Å². The fourth-order valence-electron chi connectivity index (χ4n) is 3.31. The average molecular weight is 323 g/mol. The number of carbonyl (C=O) groups excluding carboxylic acids is 1. The number of likely N-dealkylation sites (tertiary alicyclic amines) is 1. The van der Waals surface area contributed by atoms with Crippen LogP contribution in [0, 0.1) is 0 Å². The van der Waals surface area contributed by atoms with Crippen LogP contribution < -0.4 is 10.2 Å². The molecule has 1 unspecified atom stereocenters. The third kappa shape index (κ3) is 3.44. The van der Waals surface area contributed by atoms with Gasteiger partial charge < -0.3 is 15.1 Å². The minimum Gasteiger partial charge on any atom is -0.344 e. The Labute approximate surface area is 144 Å². The molecule has 0 bridgehead atoms. The molecule has 0 spiro atoms. The zero-order valence-corrected chi connectivity index (χ0v) is 14.4. The summed E-state index contributed by atoms with van der Waals surface area (Å²) in [6, 6.07) is 18.4. The van der Waals surface area contributed by atoms with E-state index in [0.717, 1.165) is 42.9 Å². The predicted molar refractivity (Wildman–Crippen MR) is 98.9 cm³/mol. The van der Waals surface area contributed by atoms with Crippen molar-refractivity contribution in [3.05, 3.63) is 60.2 Å². The summed E-state index contributed by atoms with van der Waals surface area (Å²) < 4.78 is 0. The first-order valence-corrected chi connectivity index (χ1v) is 8.55. The van der Waals surface area contributed by atoms with E-state index in [-0.39, 0.29) is 5.91 Å². The van der Waals surface area contributed by atoms with Crippen molar-refractivity contribution in [3.63, 3.8) is 0 Å². The van der Waals surface area contributed by atoms with E-state index < -0.39 is 0 Å². The van der Waals surface area contributed by atoms with Gasteiger partial charge in [-0.15, -0.1) is 0 Å². The van der Waals surface area contributed by atoms with Crippen LogP contribution in [-0.4, -0.2) is 44.0 Å². The molecule has 1 atom stereocenters. The van der Waals surface area contributed by atoms with E-state index in [9.17, 15) is 4.79 Å². The molecule has 0 aliphatic carbocycles. The van der Waals surface area contributed by atoms with Gasteiger partial charge in [0.05, 0.1) is 11.3 Å². The first kappa shape index (κ1) is 16.5. The Balaban J connectivity index is 1.87. The summed E-state index contributed by atoms with van der Waals surface area (Å²) in [4.78, 5) is 17.1. The molecule has 1 aliphatic rings. The molecular weight excluding hydrogens is 298 g/mol. The van der Waals surface area contributed by atoms with Crippen LogP contribution in [0.15, 0.2) is 54.6 Å². The van der Waals surface area contributed by atoms with E-state index in [1.807, 2.05) is 61.5 Å². The Hall–Kier alpha value is -2.33. The van der Waals surface area contributed by atoms with E-state index >= 15 is 0 Å². The van der Waals surface area contributed by atoms with Crippen molar-refractivity contribution < 1.29 is 4.79 Å². The first-order chi connectivity index (χ1) is 11.7. The van der Waals surface area contributed by atoms with Gasteiger partial charge >= 0.3 is 0 Å². The number of amides is 1. The van der Waals surface area contributed by atoms with Gasteiger partial charge in [-0.3, -0.25) is 4.79 Å². The van der Waals surface area contributed by atoms with Gasteiger partial charge in [0.15, 0.2) is 0 Å². The normalized spacial score (nSPS) is 17.6. The van der Waals surface area contributed by atoms with Crippen molar-refractivity contribution in [1.29, 1.82) is 0 Å². The number of nitrogens with zero attached hydrogens (tertiary/aromatic N) is 2. The quantitative estimate of drug-likeness (QED) is 0.938. The van der Waals surface area contributed by atoms with Gasteiger partial charge in [0.1, 0.15) is 0 Å². The first-order valence-electron chi connectivity index (χ1n) is 8.55. The molecule has 1 fully saturated rings. The summed E-state index contributed by atoms with van der Waals surface area (Å²) >= 11 is 0. The lowest BCUT2D eigenvalue weighted by Crippen LogP contribution is -2.47. The second-order valence-corrected chi connectivity index (χ2v) is 6.29. The van der Waals surface area contributed by atoms with Crippen LogP contribution in [0.4, 0.5) is 11.4 Å². The zero-order valence-electron chi connectivity index (χ0n) is 14.4. The molecule has 4 nitrogen and oxygen atoms in total. The van der Waals surface area contributed by atoms with Crippen LogP contribution in [0.2, 0.25) is 0 Å². The van der Waals surface area contributed by atoms with Crippen LogP contribution in [0.5, 0.6) is 0 Å². The summed E-state index contributed by atoms with van der Waals surface area (Å²) in [5.74, 6) is 0.119. The molecule has 1 saturated heterocycles. The second-order valence-electron chi connectivity index (χ2n) is 6.29. The van der Waals surface area contributed by atoms with Crippen molar-refractivity contribution >= 4 is 17.3 Å². The number of likely N-dealkylation sites (N-methyl/N-ethyl adjacent to an activating group) is 1. The molecule has 0 radical (unpaired) electrons. The smallest absolute Gasteiger partial charge is 0.256 e. The number of hydrogen-bond acceptors (Lipinski definition) is 3. The molecule has 1 N–H and O–H groups in total. The van der Waals surface area contributed by atoms with Crippen LogP contribution in [0.1, 0.15) is 23.2 Å². The van der Waals surface area contributed by atoms with Gasteiger partial charge in [-0.25, -0.2) is 0 Å². The molecular formula is C20H25N3O. The molecule has 0 saturated carbocycles. The Morgan fingerprint density at radius 2 is 1.83 bits per heavy atom. The maximum atomic E-state index is 13.1. The summed E-state index contributed by atoms with van der Waals surface area (Å²) in [6.45, 7) is 1.61. The number of anilines is 2. The Kier molecular flexibility index (Phi) is 5.16. The van der Waals surface area contributed by atoms with Gasteiger partial charge in [0.25, 0.3) is 5.91 Å². The van der Waals surface area contributed by atoms with Crippen LogP contribution >= 0.6 is 0 Å². The Morgan fingerprint density at radius 3 is 2.58 bits per heavy atom. The van der Waals surface area contributed by atoms with Gasteiger partial charge in [0.2, 0.25) is 0 Å². The van der Waals surface area contributed by atoms with E-state index in [4.69, 9.17) is 0 Å². The standard InChI is InChI=1S/C20H25N3O/c1-21-16-9-8-14-23(15-16)20(24)18-12-6-7-13-19(18)22(2)17-10-4-3-5-11-17/h3-7,10-13,16,21H,8-9,14-15H2,1-2H3. The molecule has 1 aliphatic heterocycles. The van der Waals surface area contributed by atoms with Crippen molar-refractivity contribution in [3.8, 4) is 0 Å². The van der Waals surface area contributed by atoms with Crippen LogP contribution in [-0.2, 0) is 0 Å². The highest BCUT2D eigenvalue weighted by molar-refractivity contribution is 6.00. The second kappa shape index (κ2) is 7.49. The lowest BCUT2D eigenvalue weighted by Gasteiger charge is -2.33. The SMILES string of the molecule is CNC1CCCN(C(=O)c2ccccc2N(C)c2ccccc2)C1. The lowest BCUT2D eigenvalue weighted by atomic mass is 10.0. The van der Waals surface area contributed by atoms with Crippen molar-refractivity contribution in [1.82, 2.24) is 10.2 Å². The molecule has 2 aromatic carbocycles. The summed E-state index contributed by atoms with van der Waals surface area (Å²) in [7, 11) is 3.98. The fourth-order valence-corrected chi connectivity index (χ4v) is 3.31. The summed E-state index contributed by atoms with van der Waals surface area (Å²) in [5, 5.41) is 3.30. The number of hydrogen-bond donors (Lipinski definition) is 1. The van der Waals surface area contributed by atoms with Crippen LogP contribution in [0.25, 0.3) is 0 Å². The van der Waals surface area contributed by atoms with Gasteiger partial charge in [0, 0.05) is 31.9 Å². The molecule has 24 heavy (non-hydrogen) atoms. The maximum absolute atomic E-state index is 13.1. The Morgan fingerprint density at radius 1 is 1.12 bits per heavy atom. The lowest BCUT2D eigenvalue weighted by molar-refractivity contribution is 0.0699. The number of nitrogens with one attached hydrogen (secondary N) is 1. The fraction of sp³-hybridized carbons (Fsp3) is 0.350. The summed E-state index contributed by atoms with van der Waals surface area (Å²) in [6.07, 6.45) is 2.18. The summed E-state index contributed by atoms with van der Waals surface area (Å²) in [5.41, 5.74) is 2.78. The number of carbonyl (C=O) groups is 1. The molecule has 126 valence electrons. The van der Waals surface area contributed by atoms with Gasteiger partial charge in [-0.05, 0) is 44.2 Å². The number of rotatable bonds is 4. The highest BCUT2D eigenvalue weighted by Gasteiger charge is 2.25. The van der Waals surface area contributed by atoms with Crippen molar-refractivity contribution in [2.45, 2.75) is 18.9 Å². The van der Waals surface area contributed by atoms with Crippen molar-refractivity contribution in [2.24, 2.45) is 0 Å². The largest absolute Gasteiger partial charge is 0.344 e. The minimum absolute atomic E-state index is 0.119. The van der Waals surface area contributed by atoms with E-state index in [1.54, 1.807) is 0 Å². The number of benzene rings is 2. The molecule has 1 amide bonds.